The number of hydrogen-bond donors (Lipinski definition) is 1. The predicted molar refractivity (Wildman–Crippen MR) is 94.5 cm³/mol. The largest absolute Gasteiger partial charge is 0.391 e. The first kappa shape index (κ1) is 18.7. The van der Waals surface area contributed by atoms with Crippen LogP contribution in [0.2, 0.25) is 0 Å². The number of ether oxygens (including phenoxy) is 2. The maximum atomic E-state index is 9.62. The first-order valence-corrected chi connectivity index (χ1v) is 9.18. The third-order valence-corrected chi connectivity index (χ3v) is 5.66. The summed E-state index contributed by atoms with van der Waals surface area (Å²) in [5, 5.41) is 9.62. The normalized spacial score (nSPS) is 27.3. The Bertz CT molecular complexity index is 436. The van der Waals surface area contributed by atoms with Crippen molar-refractivity contribution in [1.82, 2.24) is 0 Å². The minimum Gasteiger partial charge on any atom is -0.391 e. The van der Waals surface area contributed by atoms with Gasteiger partial charge in [-0.1, -0.05) is 44.1 Å². The zero-order valence-electron chi connectivity index (χ0n) is 15.3. The molecule has 0 aromatic heterocycles. The van der Waals surface area contributed by atoms with E-state index in [1.54, 1.807) is 11.1 Å². The Morgan fingerprint density at radius 2 is 1.70 bits per heavy atom. The van der Waals surface area contributed by atoms with Crippen LogP contribution in [0.4, 0.5) is 0 Å². The first-order valence-electron chi connectivity index (χ1n) is 9.18. The number of methoxy groups -OCH3 is 1. The van der Waals surface area contributed by atoms with Gasteiger partial charge in [0.1, 0.15) is 0 Å². The molecule has 2 rings (SSSR count). The number of rotatable bonds is 7. The molecule has 0 aromatic rings. The summed E-state index contributed by atoms with van der Waals surface area (Å²) in [5.74, 6) is 0. The van der Waals surface area contributed by atoms with Gasteiger partial charge < -0.3 is 14.6 Å². The van der Waals surface area contributed by atoms with Crippen LogP contribution >= 0.6 is 0 Å². The van der Waals surface area contributed by atoms with Gasteiger partial charge in [0.25, 0.3) is 0 Å². The lowest BCUT2D eigenvalue weighted by molar-refractivity contribution is -0.0145. The zero-order valence-corrected chi connectivity index (χ0v) is 15.3. The van der Waals surface area contributed by atoms with Crippen LogP contribution < -0.4 is 0 Å². The highest BCUT2D eigenvalue weighted by molar-refractivity contribution is 5.30. The van der Waals surface area contributed by atoms with Gasteiger partial charge in [0.15, 0.2) is 0 Å². The molecule has 0 radical (unpaired) electrons. The molecule has 2 aliphatic carbocycles. The van der Waals surface area contributed by atoms with Gasteiger partial charge in [-0.2, -0.15) is 0 Å². The Morgan fingerprint density at radius 1 is 1.13 bits per heavy atom. The highest BCUT2D eigenvalue weighted by Crippen LogP contribution is 2.43. The molecule has 0 heterocycles. The molecule has 0 aromatic carbocycles. The van der Waals surface area contributed by atoms with Gasteiger partial charge in [-0.05, 0) is 44.9 Å². The topological polar surface area (TPSA) is 38.7 Å². The smallest absolute Gasteiger partial charge is 0.0771 e. The molecule has 0 spiro atoms. The van der Waals surface area contributed by atoms with Crippen molar-refractivity contribution in [1.29, 1.82) is 0 Å². The van der Waals surface area contributed by atoms with E-state index in [1.165, 1.54) is 0 Å². The van der Waals surface area contributed by atoms with Crippen LogP contribution in [0.25, 0.3) is 0 Å². The lowest BCUT2D eigenvalue weighted by atomic mass is 9.70. The second-order valence-corrected chi connectivity index (χ2v) is 7.51. The van der Waals surface area contributed by atoms with Gasteiger partial charge in [-0.15, -0.1) is 0 Å². The number of aliphatic hydroxyl groups excluding tert-OH is 1. The number of aliphatic hydroxyl groups is 1. The van der Waals surface area contributed by atoms with Gasteiger partial charge in [0.2, 0.25) is 0 Å². The van der Waals surface area contributed by atoms with Crippen molar-refractivity contribution >= 4 is 0 Å². The predicted octanol–water partition coefficient (Wildman–Crippen LogP) is 4.40. The Kier molecular flexibility index (Phi) is 6.87. The van der Waals surface area contributed by atoms with Crippen molar-refractivity contribution in [2.75, 3.05) is 13.7 Å². The Morgan fingerprint density at radius 3 is 2.13 bits per heavy atom. The van der Waals surface area contributed by atoms with Crippen LogP contribution in [-0.4, -0.2) is 37.1 Å². The number of hydrogen-bond acceptors (Lipinski definition) is 3. The number of allylic oxidation sites excluding steroid dienone is 2. The molecule has 0 saturated carbocycles. The third-order valence-electron chi connectivity index (χ3n) is 5.66. The molecular weight excluding hydrogens is 288 g/mol. The fraction of sp³-hybridized carbons (Fsp3) is 0.800. The molecule has 0 bridgehead atoms. The van der Waals surface area contributed by atoms with Crippen molar-refractivity contribution in [3.8, 4) is 0 Å². The first-order chi connectivity index (χ1) is 11.0. The van der Waals surface area contributed by atoms with Crippen molar-refractivity contribution in [3.05, 3.63) is 23.3 Å². The van der Waals surface area contributed by atoms with E-state index >= 15 is 0 Å². The average Bonchev–Trinajstić information content (AvgIpc) is 2.60. The summed E-state index contributed by atoms with van der Waals surface area (Å²) in [6.07, 6.45) is 12.4. The average molecular weight is 322 g/mol. The molecule has 1 N–H and O–H groups in total. The summed E-state index contributed by atoms with van der Waals surface area (Å²) in [6.45, 7) is 7.18. The lowest BCUT2D eigenvalue weighted by Crippen LogP contribution is -2.28. The van der Waals surface area contributed by atoms with E-state index in [0.29, 0.717) is 12.7 Å². The van der Waals surface area contributed by atoms with E-state index in [1.807, 2.05) is 14.0 Å². The standard InChI is InChI=1S/C20H34O3/c1-5-17(21)14-23-19-12-8-16(9-13-19)20(2,3)15-6-10-18(22-4)11-7-15/h6,8,17-19,21H,5,7,9-14H2,1-4H3. The fourth-order valence-corrected chi connectivity index (χ4v) is 3.69. The minimum absolute atomic E-state index is 0.159. The van der Waals surface area contributed by atoms with Crippen LogP contribution in [-0.2, 0) is 9.47 Å². The Hall–Kier alpha value is -0.640. The van der Waals surface area contributed by atoms with Crippen molar-refractivity contribution in [3.63, 3.8) is 0 Å². The molecule has 3 atom stereocenters. The van der Waals surface area contributed by atoms with Crippen LogP contribution in [0.5, 0.6) is 0 Å². The van der Waals surface area contributed by atoms with Gasteiger partial charge in [-0.3, -0.25) is 0 Å². The van der Waals surface area contributed by atoms with Crippen molar-refractivity contribution in [2.45, 2.75) is 84.0 Å². The fourth-order valence-electron chi connectivity index (χ4n) is 3.69. The van der Waals surface area contributed by atoms with Gasteiger partial charge in [0, 0.05) is 12.5 Å². The lowest BCUT2D eigenvalue weighted by Gasteiger charge is -2.37. The molecule has 0 aliphatic heterocycles. The molecule has 2 aliphatic rings. The molecule has 3 unspecified atom stereocenters. The van der Waals surface area contributed by atoms with E-state index < -0.39 is 0 Å². The van der Waals surface area contributed by atoms with Crippen LogP contribution in [0.3, 0.4) is 0 Å². The summed E-state index contributed by atoms with van der Waals surface area (Å²) in [5.41, 5.74) is 3.28. The minimum atomic E-state index is -0.321. The molecule has 0 fully saturated rings. The van der Waals surface area contributed by atoms with E-state index in [2.05, 4.69) is 26.0 Å². The summed E-state index contributed by atoms with van der Waals surface area (Å²) < 4.78 is 11.3. The van der Waals surface area contributed by atoms with Crippen molar-refractivity contribution < 1.29 is 14.6 Å². The summed E-state index contributed by atoms with van der Waals surface area (Å²) in [7, 11) is 1.81. The molecular formula is C20H34O3. The van der Waals surface area contributed by atoms with Gasteiger partial charge in [-0.25, -0.2) is 0 Å². The summed E-state index contributed by atoms with van der Waals surface area (Å²) in [4.78, 5) is 0. The van der Waals surface area contributed by atoms with E-state index in [-0.39, 0.29) is 17.6 Å². The van der Waals surface area contributed by atoms with E-state index in [0.717, 1.165) is 44.9 Å². The van der Waals surface area contributed by atoms with Gasteiger partial charge >= 0.3 is 0 Å². The van der Waals surface area contributed by atoms with Crippen LogP contribution in [0.15, 0.2) is 23.3 Å². The van der Waals surface area contributed by atoms with Crippen LogP contribution in [0.1, 0.15) is 65.7 Å². The van der Waals surface area contributed by atoms with E-state index in [4.69, 9.17) is 9.47 Å². The molecule has 132 valence electrons. The summed E-state index contributed by atoms with van der Waals surface area (Å²) >= 11 is 0. The second-order valence-electron chi connectivity index (χ2n) is 7.51. The highest BCUT2D eigenvalue weighted by Gasteiger charge is 2.32. The Balaban J connectivity index is 1.91. The zero-order chi connectivity index (χ0) is 16.9. The SMILES string of the molecule is CCC(O)COC1CC=C(C(C)(C)C2=CCC(OC)CC2)CC1. The van der Waals surface area contributed by atoms with Crippen molar-refractivity contribution in [2.24, 2.45) is 5.41 Å². The molecule has 0 amide bonds. The maximum Gasteiger partial charge on any atom is 0.0771 e. The van der Waals surface area contributed by atoms with Crippen LogP contribution in [0, 0.1) is 5.41 Å². The quantitative estimate of drug-likeness (QED) is 0.706. The Labute approximate surface area is 141 Å². The molecule has 0 saturated heterocycles. The molecule has 23 heavy (non-hydrogen) atoms. The second kappa shape index (κ2) is 8.46. The summed E-state index contributed by atoms with van der Waals surface area (Å²) in [6, 6.07) is 0. The molecule has 3 nitrogen and oxygen atoms in total. The van der Waals surface area contributed by atoms with E-state index in [9.17, 15) is 5.11 Å². The van der Waals surface area contributed by atoms with Gasteiger partial charge in [0.05, 0.1) is 24.9 Å². The highest BCUT2D eigenvalue weighted by atomic mass is 16.5. The third kappa shape index (κ3) is 4.91. The monoisotopic (exact) mass is 322 g/mol. The maximum absolute atomic E-state index is 9.62. The molecule has 3 heteroatoms.